The van der Waals surface area contributed by atoms with Gasteiger partial charge in [-0.25, -0.2) is 0 Å². The third-order valence-electron chi connectivity index (χ3n) is 2.88. The van der Waals surface area contributed by atoms with Crippen molar-refractivity contribution in [2.75, 3.05) is 0 Å². The van der Waals surface area contributed by atoms with Gasteiger partial charge in [0.05, 0.1) is 11.9 Å². The Morgan fingerprint density at radius 2 is 0.885 bits per heavy atom. The van der Waals surface area contributed by atoms with E-state index in [0.717, 1.165) is 11.1 Å². The first-order chi connectivity index (χ1) is 11.2. The zero-order valence-electron chi connectivity index (χ0n) is 16.4. The standard InChI is InChI=1S/C20H24O4.2Na/c1-15(11-7-13-17(3)19(21)22)9-5-6-10-16(2)12-8-14-18(4)20(23)24;;/h5-14H,1-4H3,(H,21,22)(H,23,24);;/q;2*+1/p-2/b6-5+,11-7+,12-8?,15-9+,16-10?,17-13?,18-14?;;. The largest absolute Gasteiger partial charge is 1.00 e. The number of carbonyl (C=O) groups is 2. The van der Waals surface area contributed by atoms with Crippen molar-refractivity contribution in [3.05, 3.63) is 83.1 Å². The number of carboxylic acids is 2. The van der Waals surface area contributed by atoms with Crippen molar-refractivity contribution < 1.29 is 78.9 Å². The van der Waals surface area contributed by atoms with Crippen molar-refractivity contribution in [3.8, 4) is 0 Å². The maximum absolute atomic E-state index is 10.5. The molecule has 0 aliphatic carbocycles. The summed E-state index contributed by atoms with van der Waals surface area (Å²) in [5.41, 5.74) is 2.26. The smallest absolute Gasteiger partial charge is 0.545 e. The predicted molar refractivity (Wildman–Crippen MR) is 92.5 cm³/mol. The molecule has 0 fully saturated rings. The number of aliphatic carboxylic acids is 2. The van der Waals surface area contributed by atoms with E-state index in [4.69, 9.17) is 0 Å². The molecule has 26 heavy (non-hydrogen) atoms. The summed E-state index contributed by atoms with van der Waals surface area (Å²) < 4.78 is 0. The average molecular weight is 372 g/mol. The molecule has 0 radical (unpaired) electrons. The summed E-state index contributed by atoms with van der Waals surface area (Å²) in [7, 11) is 0. The van der Waals surface area contributed by atoms with E-state index < -0.39 is 11.9 Å². The molecule has 4 nitrogen and oxygen atoms in total. The molecule has 0 rings (SSSR count). The van der Waals surface area contributed by atoms with Crippen LogP contribution in [0.5, 0.6) is 0 Å². The summed E-state index contributed by atoms with van der Waals surface area (Å²) in [5.74, 6) is -2.36. The minimum Gasteiger partial charge on any atom is -0.545 e. The van der Waals surface area contributed by atoms with Crippen molar-refractivity contribution in [2.45, 2.75) is 27.7 Å². The van der Waals surface area contributed by atoms with Gasteiger partial charge in [0, 0.05) is 0 Å². The van der Waals surface area contributed by atoms with Crippen molar-refractivity contribution >= 4 is 11.9 Å². The van der Waals surface area contributed by atoms with Gasteiger partial charge >= 0.3 is 59.1 Å². The molecule has 0 amide bonds. The van der Waals surface area contributed by atoms with Gasteiger partial charge in [0.1, 0.15) is 0 Å². The zero-order valence-corrected chi connectivity index (χ0v) is 20.4. The van der Waals surface area contributed by atoms with Crippen LogP contribution in [0, 0.1) is 0 Å². The van der Waals surface area contributed by atoms with Crippen molar-refractivity contribution in [3.63, 3.8) is 0 Å². The van der Waals surface area contributed by atoms with Crippen LogP contribution in [0.3, 0.4) is 0 Å². The normalized spacial score (nSPS) is 13.8. The Bertz CT molecular complexity index is 618. The molecular weight excluding hydrogens is 350 g/mol. The van der Waals surface area contributed by atoms with E-state index in [1.54, 1.807) is 24.3 Å². The molecule has 0 N–H and O–H groups in total. The Morgan fingerprint density at radius 1 is 0.577 bits per heavy atom. The molecule has 0 aromatic carbocycles. The zero-order chi connectivity index (χ0) is 18.5. The minimum absolute atomic E-state index is 0. The van der Waals surface area contributed by atoms with Crippen LogP contribution in [0.4, 0.5) is 0 Å². The fourth-order valence-electron chi connectivity index (χ4n) is 1.35. The van der Waals surface area contributed by atoms with Crippen LogP contribution in [-0.2, 0) is 9.59 Å². The van der Waals surface area contributed by atoms with Gasteiger partial charge in [-0.3, -0.25) is 0 Å². The van der Waals surface area contributed by atoms with E-state index in [-0.39, 0.29) is 70.3 Å². The number of carbonyl (C=O) groups excluding carboxylic acids is 2. The first kappa shape index (κ1) is 29.9. The molecule has 0 bridgehead atoms. The third-order valence-corrected chi connectivity index (χ3v) is 2.88. The quantitative estimate of drug-likeness (QED) is 0.247. The molecule has 0 atom stereocenters. The van der Waals surface area contributed by atoms with E-state index in [2.05, 4.69) is 0 Å². The second-order valence-corrected chi connectivity index (χ2v) is 5.20. The Hall–Kier alpha value is -0.880. The van der Waals surface area contributed by atoms with E-state index in [1.165, 1.54) is 26.0 Å². The molecular formula is C20H22Na2O4. The summed E-state index contributed by atoms with van der Waals surface area (Å²) in [6, 6.07) is 0. The number of hydrogen-bond acceptors (Lipinski definition) is 4. The number of carboxylic acid groups (broad SMARTS) is 2. The van der Waals surface area contributed by atoms with Crippen molar-refractivity contribution in [1.82, 2.24) is 0 Å². The van der Waals surface area contributed by atoms with Gasteiger partial charge in [-0.15, -0.1) is 0 Å². The Balaban J connectivity index is -0.00000264. The predicted octanol–water partition coefficient (Wildman–Crippen LogP) is -4.05. The maximum Gasteiger partial charge on any atom is 1.00 e. The van der Waals surface area contributed by atoms with Gasteiger partial charge in [0.2, 0.25) is 0 Å². The Labute approximate surface area is 200 Å². The fraction of sp³-hybridized carbons (Fsp3) is 0.200. The van der Waals surface area contributed by atoms with Crippen LogP contribution in [-0.4, -0.2) is 11.9 Å². The molecule has 0 aromatic rings. The first-order valence-corrected chi connectivity index (χ1v) is 7.38. The van der Waals surface area contributed by atoms with Crippen LogP contribution < -0.4 is 69.3 Å². The van der Waals surface area contributed by atoms with E-state index in [1.807, 2.05) is 38.2 Å². The number of allylic oxidation sites excluding steroid dienone is 12. The molecule has 0 saturated carbocycles. The van der Waals surface area contributed by atoms with Crippen LogP contribution >= 0.6 is 0 Å². The van der Waals surface area contributed by atoms with Crippen LogP contribution in [0.15, 0.2) is 83.1 Å². The molecule has 6 heteroatoms. The molecule has 0 unspecified atom stereocenters. The number of rotatable bonds is 8. The minimum atomic E-state index is -1.18. The molecule has 0 heterocycles. The molecule has 0 aliphatic rings. The average Bonchev–Trinajstić information content (AvgIpc) is 2.51. The summed E-state index contributed by atoms with van der Waals surface area (Å²) in [4.78, 5) is 21.0. The fourth-order valence-corrected chi connectivity index (χ4v) is 1.35. The van der Waals surface area contributed by atoms with Gasteiger partial charge in [-0.1, -0.05) is 71.9 Å². The maximum atomic E-state index is 10.5. The second kappa shape index (κ2) is 17.5. The molecule has 0 aromatic heterocycles. The van der Waals surface area contributed by atoms with E-state index in [0.29, 0.717) is 0 Å². The van der Waals surface area contributed by atoms with Crippen LogP contribution in [0.2, 0.25) is 0 Å². The van der Waals surface area contributed by atoms with E-state index >= 15 is 0 Å². The Morgan fingerprint density at radius 3 is 1.15 bits per heavy atom. The van der Waals surface area contributed by atoms with E-state index in [9.17, 15) is 19.8 Å². The van der Waals surface area contributed by atoms with Crippen molar-refractivity contribution in [1.29, 1.82) is 0 Å². The van der Waals surface area contributed by atoms with Gasteiger partial charge in [0.15, 0.2) is 0 Å². The van der Waals surface area contributed by atoms with Gasteiger partial charge in [-0.05, 0) is 38.8 Å². The van der Waals surface area contributed by atoms with Gasteiger partial charge < -0.3 is 19.8 Å². The van der Waals surface area contributed by atoms with Crippen LogP contribution in [0.1, 0.15) is 27.7 Å². The molecule has 128 valence electrons. The summed E-state index contributed by atoms with van der Waals surface area (Å²) in [5, 5.41) is 21.0. The molecule has 0 saturated heterocycles. The number of hydrogen-bond donors (Lipinski definition) is 0. The molecule has 0 spiro atoms. The topological polar surface area (TPSA) is 80.3 Å². The van der Waals surface area contributed by atoms with Crippen LogP contribution in [0.25, 0.3) is 0 Å². The third kappa shape index (κ3) is 16.6. The Kier molecular flexibility index (Phi) is 20.1. The van der Waals surface area contributed by atoms with Gasteiger partial charge in [0.25, 0.3) is 0 Å². The summed E-state index contributed by atoms with van der Waals surface area (Å²) in [6.45, 7) is 6.74. The monoisotopic (exact) mass is 372 g/mol. The SMILES string of the molecule is CC(C=CC=C(C)C(=O)[O-])=C/C=C/C=C(C)/C=C/C=C(C)C(=O)[O-].[Na+].[Na+]. The first-order valence-electron chi connectivity index (χ1n) is 7.38. The summed E-state index contributed by atoms with van der Waals surface area (Å²) >= 11 is 0. The van der Waals surface area contributed by atoms with Gasteiger partial charge in [-0.2, -0.15) is 0 Å². The summed E-state index contributed by atoms with van der Waals surface area (Å²) in [6.07, 6.45) is 17.3. The second-order valence-electron chi connectivity index (χ2n) is 5.20. The molecule has 0 aliphatic heterocycles. The van der Waals surface area contributed by atoms with Crippen molar-refractivity contribution in [2.24, 2.45) is 0 Å².